The van der Waals surface area contributed by atoms with Crippen molar-refractivity contribution < 1.29 is 9.53 Å². The Kier molecular flexibility index (Phi) is 7.65. The number of rotatable bonds is 8. The van der Waals surface area contributed by atoms with Gasteiger partial charge in [-0.15, -0.1) is 11.3 Å². The van der Waals surface area contributed by atoms with Crippen molar-refractivity contribution in [2.24, 2.45) is 5.10 Å². The number of thioether (sulfide) groups is 1. The molecule has 0 aliphatic carbocycles. The van der Waals surface area contributed by atoms with Crippen LogP contribution in [-0.2, 0) is 11.4 Å². The van der Waals surface area contributed by atoms with Crippen molar-refractivity contribution in [1.29, 1.82) is 0 Å². The van der Waals surface area contributed by atoms with E-state index in [1.54, 1.807) is 29.5 Å². The fraction of sp³-hybridized carbons (Fsp3) is 0.0870. The summed E-state index contributed by atoms with van der Waals surface area (Å²) in [6.45, 7) is 0.315. The zero-order valence-electron chi connectivity index (χ0n) is 16.6. The number of aromatic nitrogens is 1. The first-order valence-corrected chi connectivity index (χ1v) is 12.1. The molecule has 5 nitrogen and oxygen atoms in total. The number of ether oxygens (including phenoxy) is 1. The summed E-state index contributed by atoms with van der Waals surface area (Å²) >= 11 is 15.4. The zero-order chi connectivity index (χ0) is 22.3. The third-order valence-electron chi connectivity index (χ3n) is 4.30. The van der Waals surface area contributed by atoms with E-state index < -0.39 is 0 Å². The van der Waals surface area contributed by atoms with E-state index in [0.717, 1.165) is 25.7 Å². The topological polar surface area (TPSA) is 63.6 Å². The lowest BCUT2D eigenvalue weighted by Crippen LogP contribution is -2.19. The lowest BCUT2D eigenvalue weighted by atomic mass is 10.2. The number of hydrazone groups is 1. The highest BCUT2D eigenvalue weighted by atomic mass is 35.5. The fourth-order valence-corrected chi connectivity index (χ4v) is 5.03. The maximum atomic E-state index is 12.1. The van der Waals surface area contributed by atoms with Crippen molar-refractivity contribution in [3.8, 4) is 5.75 Å². The average molecular weight is 502 g/mol. The maximum Gasteiger partial charge on any atom is 0.250 e. The van der Waals surface area contributed by atoms with E-state index in [-0.39, 0.29) is 11.7 Å². The molecule has 0 aliphatic heterocycles. The third-order valence-corrected chi connectivity index (χ3v) is 7.14. The van der Waals surface area contributed by atoms with Gasteiger partial charge in [-0.3, -0.25) is 4.79 Å². The Hall–Kier alpha value is -2.58. The fourth-order valence-electron chi connectivity index (χ4n) is 2.74. The Labute approximate surface area is 203 Å². The highest BCUT2D eigenvalue weighted by molar-refractivity contribution is 8.01. The minimum absolute atomic E-state index is 0.212. The number of fused-ring (bicyclic) bond motifs is 1. The molecule has 1 heterocycles. The van der Waals surface area contributed by atoms with E-state index in [4.69, 9.17) is 27.9 Å². The van der Waals surface area contributed by atoms with Crippen LogP contribution >= 0.6 is 46.3 Å². The van der Waals surface area contributed by atoms with Crippen molar-refractivity contribution in [3.63, 3.8) is 0 Å². The molecule has 0 saturated carbocycles. The number of benzene rings is 3. The Morgan fingerprint density at radius 1 is 1.09 bits per heavy atom. The van der Waals surface area contributed by atoms with Gasteiger partial charge in [0.25, 0.3) is 5.91 Å². The molecule has 0 aliphatic rings. The summed E-state index contributed by atoms with van der Waals surface area (Å²) < 4.78 is 7.71. The number of halogens is 2. The van der Waals surface area contributed by atoms with Gasteiger partial charge in [0.15, 0.2) is 4.34 Å². The molecule has 4 rings (SSSR count). The second-order valence-electron chi connectivity index (χ2n) is 6.60. The molecule has 162 valence electrons. The number of carbonyl (C=O) groups is 1. The maximum absolute atomic E-state index is 12.1. The van der Waals surface area contributed by atoms with Crippen LogP contribution in [0.5, 0.6) is 5.75 Å². The van der Waals surface area contributed by atoms with Crippen LogP contribution in [0.2, 0.25) is 10.0 Å². The molecule has 32 heavy (non-hydrogen) atoms. The van der Waals surface area contributed by atoms with Gasteiger partial charge < -0.3 is 4.74 Å². The van der Waals surface area contributed by atoms with Gasteiger partial charge >= 0.3 is 0 Å². The van der Waals surface area contributed by atoms with Crippen LogP contribution < -0.4 is 10.2 Å². The monoisotopic (exact) mass is 501 g/mol. The van der Waals surface area contributed by atoms with Gasteiger partial charge in [-0.05, 0) is 42.0 Å². The summed E-state index contributed by atoms with van der Waals surface area (Å²) in [6, 6.07) is 20.6. The Morgan fingerprint density at radius 2 is 1.91 bits per heavy atom. The van der Waals surface area contributed by atoms with E-state index >= 15 is 0 Å². The quantitative estimate of drug-likeness (QED) is 0.172. The van der Waals surface area contributed by atoms with Crippen molar-refractivity contribution in [2.45, 2.75) is 10.9 Å². The first-order chi connectivity index (χ1) is 15.6. The number of hydrogen-bond acceptors (Lipinski definition) is 6. The molecule has 9 heteroatoms. The van der Waals surface area contributed by atoms with Gasteiger partial charge in [0.2, 0.25) is 0 Å². The lowest BCUT2D eigenvalue weighted by molar-refractivity contribution is -0.118. The van der Waals surface area contributed by atoms with Crippen LogP contribution in [0.15, 0.2) is 76.2 Å². The molecule has 0 radical (unpaired) electrons. The molecule has 4 aromatic rings. The first-order valence-electron chi connectivity index (χ1n) is 9.54. The van der Waals surface area contributed by atoms with Crippen LogP contribution in [0.25, 0.3) is 10.2 Å². The standard InChI is InChI=1S/C23H17Cl2N3O2S2/c24-17-6-2-1-5-16(17)13-30-20-10-9-15(11-18(20)25)12-26-28-22(29)14-31-23-27-19-7-3-4-8-21(19)32-23/h1-12H,13-14H2,(H,28,29)/b26-12+. The van der Waals surface area contributed by atoms with E-state index in [1.165, 1.54) is 18.0 Å². The Balaban J connectivity index is 1.26. The number of nitrogens with zero attached hydrogens (tertiary/aromatic N) is 2. The van der Waals surface area contributed by atoms with E-state index in [1.807, 2.05) is 48.5 Å². The predicted molar refractivity (Wildman–Crippen MR) is 133 cm³/mol. The lowest BCUT2D eigenvalue weighted by Gasteiger charge is -2.09. The second-order valence-corrected chi connectivity index (χ2v) is 9.67. The zero-order valence-corrected chi connectivity index (χ0v) is 19.8. The smallest absolute Gasteiger partial charge is 0.250 e. The van der Waals surface area contributed by atoms with E-state index in [2.05, 4.69) is 15.5 Å². The van der Waals surface area contributed by atoms with Crippen LogP contribution in [0.4, 0.5) is 0 Å². The van der Waals surface area contributed by atoms with Crippen LogP contribution in [0, 0.1) is 0 Å². The molecule has 0 spiro atoms. The summed E-state index contributed by atoms with van der Waals surface area (Å²) in [4.78, 5) is 16.6. The highest BCUT2D eigenvalue weighted by Crippen LogP contribution is 2.29. The van der Waals surface area contributed by atoms with Gasteiger partial charge in [0.1, 0.15) is 12.4 Å². The molecule has 0 bridgehead atoms. The van der Waals surface area contributed by atoms with Gasteiger partial charge in [0.05, 0.1) is 27.2 Å². The van der Waals surface area contributed by atoms with Crippen molar-refractivity contribution >= 4 is 68.6 Å². The first kappa shape index (κ1) is 22.6. The molecular weight excluding hydrogens is 485 g/mol. The Morgan fingerprint density at radius 3 is 2.72 bits per heavy atom. The molecule has 0 saturated heterocycles. The van der Waals surface area contributed by atoms with Crippen LogP contribution in [-0.4, -0.2) is 22.9 Å². The van der Waals surface area contributed by atoms with E-state index in [9.17, 15) is 4.79 Å². The number of para-hydroxylation sites is 1. The van der Waals surface area contributed by atoms with Gasteiger partial charge in [-0.2, -0.15) is 5.10 Å². The molecule has 3 aromatic carbocycles. The molecule has 0 unspecified atom stereocenters. The summed E-state index contributed by atoms with van der Waals surface area (Å²) in [5.74, 6) is 0.559. The summed E-state index contributed by atoms with van der Waals surface area (Å²) in [5, 5.41) is 5.09. The third kappa shape index (κ3) is 6.01. The summed E-state index contributed by atoms with van der Waals surface area (Å²) in [6.07, 6.45) is 1.53. The number of carbonyl (C=O) groups excluding carboxylic acids is 1. The molecule has 1 N–H and O–H groups in total. The van der Waals surface area contributed by atoms with Crippen molar-refractivity contribution in [2.75, 3.05) is 5.75 Å². The normalized spacial score (nSPS) is 11.2. The molecule has 1 aromatic heterocycles. The number of thiazole rings is 1. The number of hydrogen-bond donors (Lipinski definition) is 1. The molecular formula is C23H17Cl2N3O2S2. The SMILES string of the molecule is O=C(CSc1nc2ccccc2s1)N/N=C/c1ccc(OCc2ccccc2Cl)c(Cl)c1. The van der Waals surface area contributed by atoms with Crippen molar-refractivity contribution in [3.05, 3.63) is 87.9 Å². The molecule has 0 atom stereocenters. The predicted octanol–water partition coefficient (Wildman–Crippen LogP) is 6.42. The van der Waals surface area contributed by atoms with E-state index in [0.29, 0.717) is 22.4 Å². The summed E-state index contributed by atoms with van der Waals surface area (Å²) in [5.41, 5.74) is 5.07. The second kappa shape index (κ2) is 10.8. The minimum Gasteiger partial charge on any atom is -0.487 e. The number of amides is 1. The molecule has 0 fully saturated rings. The Bertz CT molecular complexity index is 1240. The van der Waals surface area contributed by atoms with Crippen LogP contribution in [0.3, 0.4) is 0 Å². The van der Waals surface area contributed by atoms with Gasteiger partial charge in [0, 0.05) is 10.6 Å². The minimum atomic E-state index is -0.212. The highest BCUT2D eigenvalue weighted by Gasteiger charge is 2.08. The molecule has 1 amide bonds. The average Bonchev–Trinajstić information content (AvgIpc) is 3.21. The summed E-state index contributed by atoms with van der Waals surface area (Å²) in [7, 11) is 0. The van der Waals surface area contributed by atoms with Gasteiger partial charge in [-0.1, -0.05) is 65.3 Å². The van der Waals surface area contributed by atoms with Crippen LogP contribution in [0.1, 0.15) is 11.1 Å². The number of nitrogens with one attached hydrogen (secondary N) is 1. The largest absolute Gasteiger partial charge is 0.487 e. The van der Waals surface area contributed by atoms with Gasteiger partial charge in [-0.25, -0.2) is 10.4 Å². The van der Waals surface area contributed by atoms with Crippen molar-refractivity contribution in [1.82, 2.24) is 10.4 Å².